The molecule has 3 aliphatic heterocycles. The van der Waals surface area contributed by atoms with E-state index in [2.05, 4.69) is 70.2 Å². The summed E-state index contributed by atoms with van der Waals surface area (Å²) in [7, 11) is 2.24. The number of morpholine rings is 1. The second kappa shape index (κ2) is 83.0. The van der Waals surface area contributed by atoms with E-state index >= 15 is 0 Å². The molecule has 0 saturated carbocycles. The van der Waals surface area contributed by atoms with Crippen LogP contribution in [0.1, 0.15) is 504 Å². The maximum Gasteiger partial charge on any atom is 0.306 e. The summed E-state index contributed by atoms with van der Waals surface area (Å²) in [4.78, 5) is 59.4. The Balaban J connectivity index is 1.29. The molecule has 3 fully saturated rings. The van der Waals surface area contributed by atoms with Gasteiger partial charge in [0.05, 0.1) is 58.5 Å². The van der Waals surface area contributed by atoms with E-state index in [1.165, 1.54) is 322 Å². The van der Waals surface area contributed by atoms with Crippen LogP contribution in [-0.2, 0) is 57.1 Å². The van der Waals surface area contributed by atoms with E-state index in [0.717, 1.165) is 181 Å². The van der Waals surface area contributed by atoms with Crippen LogP contribution >= 0.6 is 0 Å². The van der Waals surface area contributed by atoms with Crippen LogP contribution < -0.4 is 0 Å². The SMILES string of the molecule is CCCCCC(CCCCC)CCOC(=O)CCCCCCCCC1(CCCCCCCCC(=O)OCCC(CCCCC)CCCCCC(CCC)CC(CCCCC)CC(=O)OCCCCCCCCCC(CCCCCCCCCOC(=O)CC(CCCCC)CCCCC)OCCCCN2CCN(C)CC2)OCC(CCN2CCOCC2)O1. The van der Waals surface area contributed by atoms with Gasteiger partial charge in [-0.3, -0.25) is 24.1 Å². The zero-order valence-corrected chi connectivity index (χ0v) is 82.3. The highest BCUT2D eigenvalue weighted by Gasteiger charge is 2.40. The van der Waals surface area contributed by atoms with Crippen molar-refractivity contribution in [1.82, 2.24) is 14.7 Å². The number of piperazine rings is 1. The van der Waals surface area contributed by atoms with Crippen LogP contribution in [0, 0.1) is 29.6 Å². The second-order valence-electron chi connectivity index (χ2n) is 39.2. The molecular formula is C107H205N3O12. The molecular weight excluding hydrogens is 1520 g/mol. The van der Waals surface area contributed by atoms with E-state index in [-0.39, 0.29) is 30.0 Å². The molecule has 0 amide bonds. The van der Waals surface area contributed by atoms with E-state index in [9.17, 15) is 19.2 Å². The molecule has 0 aromatic carbocycles. The number of hydrogen-bond acceptors (Lipinski definition) is 15. The normalized spacial score (nSPS) is 17.2. The highest BCUT2D eigenvalue weighted by molar-refractivity contribution is 5.70. The van der Waals surface area contributed by atoms with Gasteiger partial charge in [0.15, 0.2) is 5.79 Å². The molecule has 3 heterocycles. The zero-order chi connectivity index (χ0) is 87.8. The molecule has 0 aromatic heterocycles. The first-order valence-corrected chi connectivity index (χ1v) is 54.1. The van der Waals surface area contributed by atoms with E-state index in [4.69, 9.17) is 37.9 Å². The van der Waals surface area contributed by atoms with Crippen molar-refractivity contribution in [3.8, 4) is 0 Å². The average molecular weight is 1730 g/mol. The summed E-state index contributed by atoms with van der Waals surface area (Å²) in [5.41, 5.74) is 0. The number of hydrogen-bond donors (Lipinski definition) is 0. The fourth-order valence-electron chi connectivity index (χ4n) is 19.5. The lowest BCUT2D eigenvalue weighted by Gasteiger charge is -2.32. The first-order chi connectivity index (χ1) is 59.9. The summed E-state index contributed by atoms with van der Waals surface area (Å²) in [6.07, 6.45) is 82.0. The summed E-state index contributed by atoms with van der Waals surface area (Å²) in [6, 6.07) is 0. The van der Waals surface area contributed by atoms with Crippen molar-refractivity contribution in [2.24, 2.45) is 29.6 Å². The van der Waals surface area contributed by atoms with Gasteiger partial charge in [0.2, 0.25) is 0 Å². The minimum absolute atomic E-state index is 0.0131. The van der Waals surface area contributed by atoms with E-state index < -0.39 is 5.79 Å². The number of carbonyl (C=O) groups is 4. The summed E-state index contributed by atoms with van der Waals surface area (Å²) in [6.45, 7) is 30.4. The zero-order valence-electron chi connectivity index (χ0n) is 82.3. The molecule has 0 radical (unpaired) electrons. The average Bonchev–Trinajstić information content (AvgIpc) is 1.69. The molecule has 0 bridgehead atoms. The quantitative estimate of drug-likeness (QED) is 0.0322. The number of ether oxygens (including phenoxy) is 8. The van der Waals surface area contributed by atoms with Gasteiger partial charge in [-0.25, -0.2) is 0 Å². The molecule has 3 rings (SSSR count). The highest BCUT2D eigenvalue weighted by Crippen LogP contribution is 2.37. The van der Waals surface area contributed by atoms with Crippen LogP contribution in [0.15, 0.2) is 0 Å². The van der Waals surface area contributed by atoms with Gasteiger partial charge < -0.3 is 47.7 Å². The van der Waals surface area contributed by atoms with Crippen LogP contribution in [0.25, 0.3) is 0 Å². The van der Waals surface area contributed by atoms with Gasteiger partial charge in [0.25, 0.3) is 0 Å². The molecule has 15 nitrogen and oxygen atoms in total. The molecule has 15 heteroatoms. The van der Waals surface area contributed by atoms with Crippen LogP contribution in [0.4, 0.5) is 0 Å². The van der Waals surface area contributed by atoms with Crippen molar-refractivity contribution in [2.45, 2.75) is 522 Å². The maximum absolute atomic E-state index is 13.5. The topological polar surface area (TPSA) is 152 Å². The van der Waals surface area contributed by atoms with Gasteiger partial charge in [-0.1, -0.05) is 357 Å². The lowest BCUT2D eigenvalue weighted by Crippen LogP contribution is -2.44. The van der Waals surface area contributed by atoms with Gasteiger partial charge >= 0.3 is 23.9 Å². The van der Waals surface area contributed by atoms with Crippen molar-refractivity contribution in [1.29, 1.82) is 0 Å². The van der Waals surface area contributed by atoms with Crippen molar-refractivity contribution < 1.29 is 57.1 Å². The number of unbranched alkanes of at least 4 members (excludes halogenated alkanes) is 37. The number of nitrogens with zero attached hydrogens (tertiary/aromatic N) is 3. The Labute approximate surface area is 755 Å². The van der Waals surface area contributed by atoms with E-state index in [1.807, 2.05) is 0 Å². The summed E-state index contributed by atoms with van der Waals surface area (Å²) in [5, 5.41) is 0. The molecule has 0 aliphatic carbocycles. The Kier molecular flexibility index (Phi) is 77.4. The Hall–Kier alpha value is -2.40. The lowest BCUT2D eigenvalue weighted by molar-refractivity contribution is -0.180. The molecule has 122 heavy (non-hydrogen) atoms. The molecule has 3 aliphatic rings. The Morgan fingerprint density at radius 2 is 0.680 bits per heavy atom. The van der Waals surface area contributed by atoms with Crippen LogP contribution in [0.5, 0.6) is 0 Å². The van der Waals surface area contributed by atoms with Crippen molar-refractivity contribution in [3.63, 3.8) is 0 Å². The Morgan fingerprint density at radius 3 is 1.14 bits per heavy atom. The third-order valence-corrected chi connectivity index (χ3v) is 27.7. The first kappa shape index (κ1) is 114. The van der Waals surface area contributed by atoms with Gasteiger partial charge in [-0.15, -0.1) is 0 Å². The fourth-order valence-corrected chi connectivity index (χ4v) is 19.5. The second-order valence-corrected chi connectivity index (χ2v) is 39.2. The minimum Gasteiger partial charge on any atom is -0.466 e. The number of likely N-dealkylation sites (N-methyl/N-ethyl adjacent to an activating group) is 1. The standard InChI is InChI=1S/C107H205N3O12/c1-9-16-41-60-96(61-42-17-10-2)73-88-119-103(111)70-51-34-26-28-36-53-75-107(121-95-102(122-107)72-78-110-83-90-115-91-84-110)76-54-37-29-27-35-52-71-104(112)120-89-74-97(62-43-18-11-3)63-47-40-48-66-98(59-15-7)92-100(67-46-21-14-6)94-106(114)118-87-57-39-31-23-25-33-50-69-101(116-85-58-55-77-109-81-79-108(8)80-82-109)68-49-32-24-22-30-38-56-86-117-105(113)93-99(64-44-19-12-4)65-45-20-13-5/h96-102H,9-95H2,1-8H3. The molecule has 0 N–H and O–H groups in total. The predicted molar refractivity (Wildman–Crippen MR) is 513 cm³/mol. The lowest BCUT2D eigenvalue weighted by atomic mass is 9.83. The minimum atomic E-state index is -0.478. The molecule has 0 spiro atoms. The monoisotopic (exact) mass is 1720 g/mol. The summed E-state index contributed by atoms with van der Waals surface area (Å²) in [5.74, 6) is 2.43. The van der Waals surface area contributed by atoms with E-state index in [1.54, 1.807) is 0 Å². The third kappa shape index (κ3) is 66.9. The fraction of sp³-hybridized carbons (Fsp3) is 0.963. The third-order valence-electron chi connectivity index (χ3n) is 27.7. The molecule has 6 unspecified atom stereocenters. The van der Waals surface area contributed by atoms with Crippen molar-refractivity contribution >= 4 is 23.9 Å². The molecule has 0 aromatic rings. The van der Waals surface area contributed by atoms with E-state index in [0.29, 0.717) is 94.4 Å². The smallest absolute Gasteiger partial charge is 0.306 e. The van der Waals surface area contributed by atoms with Gasteiger partial charge in [-0.2, -0.15) is 0 Å². The van der Waals surface area contributed by atoms with Gasteiger partial charge in [0.1, 0.15) is 0 Å². The Morgan fingerprint density at radius 1 is 0.320 bits per heavy atom. The molecule has 720 valence electrons. The number of rotatable bonds is 91. The predicted octanol–water partition coefficient (Wildman–Crippen LogP) is 29.2. The molecule has 3 saturated heterocycles. The first-order valence-electron chi connectivity index (χ1n) is 54.1. The van der Waals surface area contributed by atoms with Gasteiger partial charge in [0, 0.05) is 90.9 Å². The number of esters is 4. The maximum atomic E-state index is 13.5. The largest absolute Gasteiger partial charge is 0.466 e. The molecule has 6 atom stereocenters. The van der Waals surface area contributed by atoms with Crippen molar-refractivity contribution in [3.05, 3.63) is 0 Å². The number of carbonyl (C=O) groups excluding carboxylic acids is 4. The van der Waals surface area contributed by atoms with Crippen LogP contribution in [-0.4, -0.2) is 169 Å². The van der Waals surface area contributed by atoms with Crippen LogP contribution in [0.2, 0.25) is 0 Å². The summed E-state index contributed by atoms with van der Waals surface area (Å²) >= 11 is 0. The Bertz CT molecular complexity index is 2280. The van der Waals surface area contributed by atoms with Gasteiger partial charge in [-0.05, 0) is 152 Å². The van der Waals surface area contributed by atoms with Crippen molar-refractivity contribution in [2.75, 3.05) is 112 Å². The van der Waals surface area contributed by atoms with Crippen LogP contribution in [0.3, 0.4) is 0 Å². The summed E-state index contributed by atoms with van der Waals surface area (Å²) < 4.78 is 49.2. The highest BCUT2D eigenvalue weighted by atomic mass is 16.7.